The Labute approximate surface area is 84.6 Å². The molecular formula is C11H17NO2. The van der Waals surface area contributed by atoms with E-state index >= 15 is 0 Å². The van der Waals surface area contributed by atoms with Gasteiger partial charge in [-0.05, 0) is 11.6 Å². The molecule has 0 aromatic heterocycles. The minimum Gasteiger partial charge on any atom is -0.481 e. The van der Waals surface area contributed by atoms with E-state index in [0.717, 1.165) is 5.57 Å². The van der Waals surface area contributed by atoms with Gasteiger partial charge in [0.15, 0.2) is 0 Å². The summed E-state index contributed by atoms with van der Waals surface area (Å²) in [5, 5.41) is 8.51. The number of carboxylic acid groups (broad SMARTS) is 1. The molecule has 0 aromatic rings. The number of nitrogens with two attached hydrogens (primary N) is 1. The number of hydrogen-bond donors (Lipinski definition) is 2. The molecule has 0 radical (unpaired) electrons. The van der Waals surface area contributed by atoms with Gasteiger partial charge in [0.05, 0.1) is 6.42 Å². The van der Waals surface area contributed by atoms with Crippen LogP contribution in [0.4, 0.5) is 0 Å². The third-order valence-electron chi connectivity index (χ3n) is 1.53. The number of aliphatic carboxylic acids is 1. The molecule has 0 saturated carbocycles. The SMILES string of the molecule is CC.NC1=CC(CC(=O)O)=CC=CC1. The maximum atomic E-state index is 10.4. The van der Waals surface area contributed by atoms with Crippen LogP contribution >= 0.6 is 0 Å². The average Bonchev–Trinajstić information content (AvgIpc) is 2.32. The molecule has 0 amide bonds. The highest BCUT2D eigenvalue weighted by Crippen LogP contribution is 2.11. The minimum absolute atomic E-state index is 0.0328. The fraction of sp³-hybridized carbons (Fsp3) is 0.364. The predicted octanol–water partition coefficient (Wildman–Crippen LogP) is 2.22. The summed E-state index contributed by atoms with van der Waals surface area (Å²) >= 11 is 0. The zero-order valence-electron chi connectivity index (χ0n) is 8.66. The van der Waals surface area contributed by atoms with E-state index in [1.165, 1.54) is 0 Å². The van der Waals surface area contributed by atoms with E-state index in [-0.39, 0.29) is 6.42 Å². The molecule has 0 saturated heterocycles. The van der Waals surface area contributed by atoms with Crippen LogP contribution in [0.2, 0.25) is 0 Å². The quantitative estimate of drug-likeness (QED) is 0.710. The van der Waals surface area contributed by atoms with E-state index in [2.05, 4.69) is 0 Å². The van der Waals surface area contributed by atoms with Gasteiger partial charge in [0.2, 0.25) is 0 Å². The molecule has 0 heterocycles. The van der Waals surface area contributed by atoms with Crippen LogP contribution in [-0.2, 0) is 4.79 Å². The Morgan fingerprint density at radius 3 is 2.79 bits per heavy atom. The molecule has 3 N–H and O–H groups in total. The van der Waals surface area contributed by atoms with Gasteiger partial charge in [-0.15, -0.1) is 0 Å². The fourth-order valence-corrected chi connectivity index (χ4v) is 1.03. The summed E-state index contributed by atoms with van der Waals surface area (Å²) < 4.78 is 0. The Hall–Kier alpha value is -1.51. The van der Waals surface area contributed by atoms with Gasteiger partial charge >= 0.3 is 5.97 Å². The first-order valence-corrected chi connectivity index (χ1v) is 4.72. The van der Waals surface area contributed by atoms with E-state index in [9.17, 15) is 4.79 Å². The van der Waals surface area contributed by atoms with Crippen molar-refractivity contribution in [3.63, 3.8) is 0 Å². The molecule has 1 rings (SSSR count). The van der Waals surface area contributed by atoms with Crippen LogP contribution in [0, 0.1) is 0 Å². The van der Waals surface area contributed by atoms with Crippen LogP contribution in [0.1, 0.15) is 26.7 Å². The summed E-state index contributed by atoms with van der Waals surface area (Å²) in [5.41, 5.74) is 7.03. The first kappa shape index (κ1) is 12.5. The van der Waals surface area contributed by atoms with Gasteiger partial charge in [0.25, 0.3) is 0 Å². The fourth-order valence-electron chi connectivity index (χ4n) is 1.03. The van der Waals surface area contributed by atoms with E-state index in [1.807, 2.05) is 26.0 Å². The van der Waals surface area contributed by atoms with Crippen LogP contribution in [0.3, 0.4) is 0 Å². The molecule has 3 heteroatoms. The molecule has 0 bridgehead atoms. The molecule has 0 spiro atoms. The molecule has 14 heavy (non-hydrogen) atoms. The van der Waals surface area contributed by atoms with Crippen molar-refractivity contribution in [3.8, 4) is 0 Å². The lowest BCUT2D eigenvalue weighted by atomic mass is 10.1. The topological polar surface area (TPSA) is 63.3 Å². The molecule has 0 atom stereocenters. The highest BCUT2D eigenvalue weighted by molar-refractivity contribution is 5.71. The summed E-state index contributed by atoms with van der Waals surface area (Å²) in [5.74, 6) is -0.833. The summed E-state index contributed by atoms with van der Waals surface area (Å²) in [6.45, 7) is 4.00. The van der Waals surface area contributed by atoms with E-state index in [1.54, 1.807) is 12.2 Å². The maximum absolute atomic E-state index is 10.4. The van der Waals surface area contributed by atoms with Crippen molar-refractivity contribution in [1.29, 1.82) is 0 Å². The third kappa shape index (κ3) is 5.19. The summed E-state index contributed by atoms with van der Waals surface area (Å²) in [7, 11) is 0. The second-order valence-electron chi connectivity index (χ2n) is 2.66. The Kier molecular flexibility index (Phi) is 6.20. The monoisotopic (exact) mass is 195 g/mol. The number of rotatable bonds is 2. The third-order valence-corrected chi connectivity index (χ3v) is 1.53. The van der Waals surface area contributed by atoms with Crippen LogP contribution in [0.25, 0.3) is 0 Å². The van der Waals surface area contributed by atoms with E-state index in [4.69, 9.17) is 10.8 Å². The standard InChI is InChI=1S/C9H11NO2.C2H6/c10-8-4-2-1-3-7(5-8)6-9(11)12;1-2/h1-3,5H,4,6,10H2,(H,11,12);1-2H3. The van der Waals surface area contributed by atoms with E-state index in [0.29, 0.717) is 12.1 Å². The molecule has 0 fully saturated rings. The number of carboxylic acids is 1. The predicted molar refractivity (Wildman–Crippen MR) is 57.7 cm³/mol. The summed E-state index contributed by atoms with van der Waals surface area (Å²) in [4.78, 5) is 10.4. The van der Waals surface area contributed by atoms with Gasteiger partial charge < -0.3 is 10.8 Å². The smallest absolute Gasteiger partial charge is 0.307 e. The van der Waals surface area contributed by atoms with Crippen molar-refractivity contribution in [2.45, 2.75) is 26.7 Å². The van der Waals surface area contributed by atoms with Crippen LogP contribution in [0.15, 0.2) is 35.6 Å². The number of carbonyl (C=O) groups is 1. The van der Waals surface area contributed by atoms with Crippen LogP contribution < -0.4 is 5.73 Å². The minimum atomic E-state index is -0.833. The van der Waals surface area contributed by atoms with Crippen molar-refractivity contribution in [1.82, 2.24) is 0 Å². The second-order valence-corrected chi connectivity index (χ2v) is 2.66. The summed E-state index contributed by atoms with van der Waals surface area (Å²) in [6.07, 6.45) is 7.95. The lowest BCUT2D eigenvalue weighted by Crippen LogP contribution is -1.99. The molecule has 78 valence electrons. The Balaban J connectivity index is 0.000000791. The normalized spacial score (nSPS) is 14.4. The molecule has 3 nitrogen and oxygen atoms in total. The first-order chi connectivity index (χ1) is 6.68. The molecule has 0 aromatic carbocycles. The van der Waals surface area contributed by atoms with Gasteiger partial charge in [-0.3, -0.25) is 4.79 Å². The Morgan fingerprint density at radius 2 is 2.21 bits per heavy atom. The van der Waals surface area contributed by atoms with Crippen molar-refractivity contribution < 1.29 is 9.90 Å². The molecule has 1 aliphatic carbocycles. The second kappa shape index (κ2) is 6.95. The summed E-state index contributed by atoms with van der Waals surface area (Å²) in [6, 6.07) is 0. The Morgan fingerprint density at radius 1 is 1.57 bits per heavy atom. The molecular weight excluding hydrogens is 178 g/mol. The van der Waals surface area contributed by atoms with Crippen molar-refractivity contribution in [2.24, 2.45) is 5.73 Å². The highest BCUT2D eigenvalue weighted by Gasteiger charge is 2.02. The average molecular weight is 195 g/mol. The number of hydrogen-bond acceptors (Lipinski definition) is 2. The van der Waals surface area contributed by atoms with Gasteiger partial charge in [0.1, 0.15) is 0 Å². The van der Waals surface area contributed by atoms with E-state index < -0.39 is 5.97 Å². The first-order valence-electron chi connectivity index (χ1n) is 4.72. The van der Waals surface area contributed by atoms with Gasteiger partial charge in [-0.2, -0.15) is 0 Å². The maximum Gasteiger partial charge on any atom is 0.307 e. The van der Waals surface area contributed by atoms with Crippen molar-refractivity contribution >= 4 is 5.97 Å². The molecule has 0 aliphatic heterocycles. The van der Waals surface area contributed by atoms with Gasteiger partial charge in [-0.1, -0.05) is 32.1 Å². The molecule has 1 aliphatic rings. The lowest BCUT2D eigenvalue weighted by Gasteiger charge is -1.97. The highest BCUT2D eigenvalue weighted by atomic mass is 16.4. The zero-order chi connectivity index (χ0) is 11.0. The largest absolute Gasteiger partial charge is 0.481 e. The molecule has 0 unspecified atom stereocenters. The van der Waals surface area contributed by atoms with Crippen LogP contribution in [-0.4, -0.2) is 11.1 Å². The number of allylic oxidation sites excluding steroid dienone is 4. The van der Waals surface area contributed by atoms with Gasteiger partial charge in [0, 0.05) is 12.1 Å². The Bertz CT molecular complexity index is 275. The van der Waals surface area contributed by atoms with Crippen LogP contribution in [0.5, 0.6) is 0 Å². The van der Waals surface area contributed by atoms with Crippen molar-refractivity contribution in [2.75, 3.05) is 0 Å². The zero-order valence-corrected chi connectivity index (χ0v) is 8.66. The van der Waals surface area contributed by atoms with Crippen molar-refractivity contribution in [3.05, 3.63) is 35.6 Å². The lowest BCUT2D eigenvalue weighted by molar-refractivity contribution is -0.136. The van der Waals surface area contributed by atoms with Gasteiger partial charge in [-0.25, -0.2) is 0 Å².